The Morgan fingerprint density at radius 3 is 2.35 bits per heavy atom. The van der Waals surface area contributed by atoms with E-state index in [1.54, 1.807) is 50.2 Å². The van der Waals surface area contributed by atoms with Gasteiger partial charge in [-0.25, -0.2) is 4.79 Å². The number of Topliss-reactive ketones (excluding diaryl/α,β-unsaturated/α-hetero) is 1. The van der Waals surface area contributed by atoms with E-state index >= 15 is 0 Å². The van der Waals surface area contributed by atoms with Gasteiger partial charge in [0.25, 0.3) is 5.69 Å². The van der Waals surface area contributed by atoms with Gasteiger partial charge in [0, 0.05) is 23.4 Å². The van der Waals surface area contributed by atoms with E-state index in [0.717, 1.165) is 16.9 Å². The van der Waals surface area contributed by atoms with Crippen LogP contribution >= 0.6 is 11.3 Å². The number of ether oxygens (including phenoxy) is 2. The normalized spacial score (nSPS) is 10.8. The smallest absolute Gasteiger partial charge is 0.348 e. The number of ketones is 1. The summed E-state index contributed by atoms with van der Waals surface area (Å²) in [5.74, 6) is -0.485. The van der Waals surface area contributed by atoms with E-state index in [0.29, 0.717) is 21.8 Å². The van der Waals surface area contributed by atoms with Gasteiger partial charge in [-0.05, 0) is 60.9 Å². The second-order valence-corrected chi connectivity index (χ2v) is 8.84. The highest BCUT2D eigenvalue weighted by Crippen LogP contribution is 2.30. The van der Waals surface area contributed by atoms with E-state index in [2.05, 4.69) is 0 Å². The van der Waals surface area contributed by atoms with Gasteiger partial charge in [0.05, 0.1) is 22.7 Å². The minimum absolute atomic E-state index is 0.000217. The van der Waals surface area contributed by atoms with Crippen molar-refractivity contribution in [3.8, 4) is 17.9 Å². The van der Waals surface area contributed by atoms with Crippen LogP contribution < -0.4 is 4.74 Å². The number of nitro benzene ring substituents is 1. The van der Waals surface area contributed by atoms with Gasteiger partial charge in [-0.1, -0.05) is 12.1 Å². The van der Waals surface area contributed by atoms with Gasteiger partial charge in [-0.15, -0.1) is 11.3 Å². The maximum absolute atomic E-state index is 12.8. The first kappa shape index (κ1) is 26.8. The molecule has 186 valence electrons. The quantitative estimate of drug-likeness (QED) is 0.116. The summed E-state index contributed by atoms with van der Waals surface area (Å²) in [6.45, 7) is 3.71. The van der Waals surface area contributed by atoms with Crippen LogP contribution in [0.15, 0.2) is 54.1 Å². The molecular weight excluding hydrogens is 494 g/mol. The molecule has 0 saturated heterocycles. The number of rotatable bonds is 10. The van der Waals surface area contributed by atoms with Crippen molar-refractivity contribution in [3.05, 3.63) is 96.2 Å². The van der Waals surface area contributed by atoms with Gasteiger partial charge in [-0.3, -0.25) is 14.9 Å². The first-order valence-electron chi connectivity index (χ1n) is 11.1. The van der Waals surface area contributed by atoms with Crippen molar-refractivity contribution in [3.63, 3.8) is 0 Å². The summed E-state index contributed by atoms with van der Waals surface area (Å²) in [5.41, 5.74) is 1.97. The third-order valence-electron chi connectivity index (χ3n) is 5.28. The van der Waals surface area contributed by atoms with Gasteiger partial charge >= 0.3 is 5.97 Å². The number of hydrogen-bond acceptors (Lipinski definition) is 9. The number of benzene rings is 2. The van der Waals surface area contributed by atoms with Crippen molar-refractivity contribution in [1.82, 2.24) is 0 Å². The zero-order valence-corrected chi connectivity index (χ0v) is 20.8. The first-order valence-corrected chi connectivity index (χ1v) is 11.9. The molecule has 0 N–H and O–H groups in total. The summed E-state index contributed by atoms with van der Waals surface area (Å²) in [6, 6.07) is 16.7. The zero-order valence-electron chi connectivity index (χ0n) is 20.0. The molecule has 3 rings (SSSR count). The van der Waals surface area contributed by atoms with Crippen LogP contribution in [0.3, 0.4) is 0 Å². The Labute approximate surface area is 216 Å². The lowest BCUT2D eigenvalue weighted by molar-refractivity contribution is -0.384. The molecule has 0 bridgehead atoms. The third kappa shape index (κ3) is 6.66. The Morgan fingerprint density at radius 1 is 1.11 bits per heavy atom. The number of esters is 1. The molecule has 37 heavy (non-hydrogen) atoms. The van der Waals surface area contributed by atoms with Gasteiger partial charge in [0.2, 0.25) is 0 Å². The van der Waals surface area contributed by atoms with E-state index in [4.69, 9.17) is 9.47 Å². The SMILES string of the molecule is CCOC(=O)c1sc(CC(=O)/C(C#N)=C/c2ccc(OCc3ccc([N+](=O)[O-])cc3)cc2)c(C#N)c1C. The molecular formula is C27H21N3O6S. The number of hydrogen-bond donors (Lipinski definition) is 0. The molecule has 1 heterocycles. The fourth-order valence-electron chi connectivity index (χ4n) is 3.36. The predicted octanol–water partition coefficient (Wildman–Crippen LogP) is 5.31. The maximum atomic E-state index is 12.8. The largest absolute Gasteiger partial charge is 0.489 e. The summed E-state index contributed by atoms with van der Waals surface area (Å²) in [6.07, 6.45) is 1.25. The second kappa shape index (κ2) is 12.2. The molecule has 0 aliphatic carbocycles. The molecule has 0 fully saturated rings. The van der Waals surface area contributed by atoms with Crippen molar-refractivity contribution in [2.24, 2.45) is 0 Å². The number of thiophene rings is 1. The Kier molecular flexibility index (Phi) is 8.87. The highest BCUT2D eigenvalue weighted by atomic mass is 32.1. The predicted molar refractivity (Wildman–Crippen MR) is 136 cm³/mol. The number of allylic oxidation sites excluding steroid dienone is 1. The average molecular weight is 516 g/mol. The number of nitrogens with zero attached hydrogens (tertiary/aromatic N) is 3. The van der Waals surface area contributed by atoms with E-state index in [9.17, 15) is 30.2 Å². The van der Waals surface area contributed by atoms with Crippen molar-refractivity contribution in [2.75, 3.05) is 6.61 Å². The molecule has 0 radical (unpaired) electrons. The molecule has 1 aromatic heterocycles. The van der Waals surface area contributed by atoms with Gasteiger partial charge in [0.15, 0.2) is 5.78 Å². The lowest BCUT2D eigenvalue weighted by atomic mass is 10.0. The van der Waals surface area contributed by atoms with Crippen molar-refractivity contribution in [2.45, 2.75) is 26.9 Å². The summed E-state index contributed by atoms with van der Waals surface area (Å²) in [5, 5.41) is 29.8. The van der Waals surface area contributed by atoms with Gasteiger partial charge in [0.1, 0.15) is 29.4 Å². The van der Waals surface area contributed by atoms with Gasteiger partial charge < -0.3 is 9.47 Å². The lowest BCUT2D eigenvalue weighted by Crippen LogP contribution is -2.05. The van der Waals surface area contributed by atoms with Crippen molar-refractivity contribution < 1.29 is 24.0 Å². The van der Waals surface area contributed by atoms with E-state index in [1.807, 2.05) is 12.1 Å². The molecule has 10 heteroatoms. The summed E-state index contributed by atoms with van der Waals surface area (Å²) in [7, 11) is 0. The molecule has 0 aliphatic heterocycles. The number of nitriles is 2. The number of carbonyl (C=O) groups excluding carboxylic acids is 2. The van der Waals surface area contributed by atoms with Crippen LogP contribution in [0.1, 0.15) is 43.7 Å². The molecule has 2 aromatic carbocycles. The van der Waals surface area contributed by atoms with Crippen LogP contribution in [0.5, 0.6) is 5.75 Å². The lowest BCUT2D eigenvalue weighted by Gasteiger charge is -2.06. The zero-order chi connectivity index (χ0) is 26.9. The Hall–Kier alpha value is -4.80. The first-order chi connectivity index (χ1) is 17.8. The fourth-order valence-corrected chi connectivity index (χ4v) is 4.51. The standard InChI is InChI=1S/C27H21N3O6S/c1-3-35-27(32)26-17(2)23(15-29)25(37-26)13-24(31)20(14-28)12-18-6-10-22(11-7-18)36-16-19-4-8-21(9-5-19)30(33)34/h4-12H,3,13,16H2,1-2H3/b20-12+. The van der Waals surface area contributed by atoms with Crippen LogP contribution in [0.4, 0.5) is 5.69 Å². The van der Waals surface area contributed by atoms with Crippen molar-refractivity contribution >= 4 is 34.9 Å². The molecule has 0 saturated carbocycles. The topological polar surface area (TPSA) is 143 Å². The Balaban J connectivity index is 1.69. The molecule has 0 spiro atoms. The minimum Gasteiger partial charge on any atom is -0.489 e. The Bertz CT molecular complexity index is 1440. The maximum Gasteiger partial charge on any atom is 0.348 e. The summed E-state index contributed by atoms with van der Waals surface area (Å²) >= 11 is 1.02. The Morgan fingerprint density at radius 2 is 1.78 bits per heavy atom. The molecule has 0 atom stereocenters. The second-order valence-electron chi connectivity index (χ2n) is 7.74. The summed E-state index contributed by atoms with van der Waals surface area (Å²) < 4.78 is 10.7. The highest BCUT2D eigenvalue weighted by molar-refractivity contribution is 7.14. The molecule has 3 aromatic rings. The van der Waals surface area contributed by atoms with Crippen LogP contribution in [-0.2, 0) is 22.6 Å². The highest BCUT2D eigenvalue weighted by Gasteiger charge is 2.23. The van der Waals surface area contributed by atoms with Crippen molar-refractivity contribution in [1.29, 1.82) is 10.5 Å². The van der Waals surface area contributed by atoms with Crippen LogP contribution in [0, 0.1) is 39.7 Å². The average Bonchev–Trinajstić information content (AvgIpc) is 3.21. The number of non-ortho nitro benzene ring substituents is 1. The minimum atomic E-state index is -0.549. The third-order valence-corrected chi connectivity index (χ3v) is 6.55. The van der Waals surface area contributed by atoms with Crippen LogP contribution in [0.2, 0.25) is 0 Å². The number of nitro groups is 1. The van der Waals surface area contributed by atoms with E-state index < -0.39 is 16.7 Å². The molecule has 0 amide bonds. The van der Waals surface area contributed by atoms with E-state index in [-0.39, 0.29) is 41.3 Å². The number of carbonyl (C=O) groups is 2. The van der Waals surface area contributed by atoms with Gasteiger partial charge in [-0.2, -0.15) is 10.5 Å². The summed E-state index contributed by atoms with van der Waals surface area (Å²) in [4.78, 5) is 36.0. The monoisotopic (exact) mass is 515 g/mol. The molecule has 9 nitrogen and oxygen atoms in total. The van der Waals surface area contributed by atoms with Crippen LogP contribution in [-0.4, -0.2) is 23.3 Å². The van der Waals surface area contributed by atoms with Crippen LogP contribution in [0.25, 0.3) is 6.08 Å². The molecule has 0 unspecified atom stereocenters. The molecule has 0 aliphatic rings. The van der Waals surface area contributed by atoms with E-state index in [1.165, 1.54) is 18.2 Å². The fraction of sp³-hybridized carbons (Fsp3) is 0.185.